The van der Waals surface area contributed by atoms with Gasteiger partial charge in [-0.2, -0.15) is 5.26 Å². The van der Waals surface area contributed by atoms with Crippen LogP contribution in [0.25, 0.3) is 0 Å². The predicted octanol–water partition coefficient (Wildman–Crippen LogP) is 3.22. The van der Waals surface area contributed by atoms with E-state index >= 15 is 0 Å². The molecule has 26 heavy (non-hydrogen) atoms. The number of nitrogens with zero attached hydrogens (tertiary/aromatic N) is 2. The molecule has 134 valence electrons. The van der Waals surface area contributed by atoms with Crippen LogP contribution in [0.5, 0.6) is 11.5 Å². The lowest BCUT2D eigenvalue weighted by Crippen LogP contribution is -2.28. The van der Waals surface area contributed by atoms with Gasteiger partial charge in [0.2, 0.25) is 5.91 Å². The van der Waals surface area contributed by atoms with Gasteiger partial charge in [0.1, 0.15) is 13.2 Å². The van der Waals surface area contributed by atoms with Crippen molar-refractivity contribution in [2.75, 3.05) is 26.0 Å². The fourth-order valence-electron chi connectivity index (χ4n) is 2.59. The van der Waals surface area contributed by atoms with Gasteiger partial charge in [-0.1, -0.05) is 18.2 Å². The first-order valence-electron chi connectivity index (χ1n) is 8.35. The first-order valence-corrected chi connectivity index (χ1v) is 9.50. The van der Waals surface area contributed by atoms with E-state index in [9.17, 15) is 4.79 Å². The molecule has 0 bridgehead atoms. The van der Waals surface area contributed by atoms with Crippen LogP contribution >= 0.6 is 11.8 Å². The largest absolute Gasteiger partial charge is 0.486 e. The zero-order chi connectivity index (χ0) is 18.4. The lowest BCUT2D eigenvalue weighted by Gasteiger charge is -2.21. The summed E-state index contributed by atoms with van der Waals surface area (Å²) in [6, 6.07) is 15.3. The Hall–Kier alpha value is -2.65. The number of hydrogen-bond donors (Lipinski definition) is 0. The molecule has 0 unspecified atom stereocenters. The minimum atomic E-state index is 0.0820. The van der Waals surface area contributed by atoms with Crippen molar-refractivity contribution in [1.29, 1.82) is 5.26 Å². The molecule has 1 aliphatic rings. The first-order chi connectivity index (χ1) is 12.7. The van der Waals surface area contributed by atoms with Crippen molar-refractivity contribution in [2.24, 2.45) is 0 Å². The van der Waals surface area contributed by atoms with Crippen molar-refractivity contribution in [3.63, 3.8) is 0 Å². The lowest BCUT2D eigenvalue weighted by atomic mass is 10.2. The van der Waals surface area contributed by atoms with Crippen LogP contribution in [0, 0.1) is 11.3 Å². The van der Waals surface area contributed by atoms with E-state index in [0.29, 0.717) is 31.1 Å². The molecule has 0 radical (unpaired) electrons. The molecule has 0 saturated heterocycles. The van der Waals surface area contributed by atoms with Gasteiger partial charge in [-0.3, -0.25) is 4.79 Å². The molecule has 1 heterocycles. The van der Waals surface area contributed by atoms with E-state index in [4.69, 9.17) is 14.7 Å². The maximum Gasteiger partial charge on any atom is 0.232 e. The number of hydrogen-bond acceptors (Lipinski definition) is 5. The van der Waals surface area contributed by atoms with Gasteiger partial charge in [0.05, 0.1) is 17.4 Å². The lowest BCUT2D eigenvalue weighted by molar-refractivity contribution is -0.127. The number of benzene rings is 2. The number of thioether (sulfide) groups is 1. The van der Waals surface area contributed by atoms with E-state index in [1.807, 2.05) is 30.3 Å². The summed E-state index contributed by atoms with van der Waals surface area (Å²) in [4.78, 5) is 14.1. The molecule has 2 aromatic rings. The van der Waals surface area contributed by atoms with Crippen molar-refractivity contribution in [3.05, 3.63) is 59.2 Å². The molecule has 0 fully saturated rings. The Morgan fingerprint density at radius 2 is 1.81 bits per heavy atom. The number of carbonyl (C=O) groups is 1. The summed E-state index contributed by atoms with van der Waals surface area (Å²) in [7, 11) is 1.81. The third kappa shape index (κ3) is 4.70. The molecule has 0 atom stereocenters. The van der Waals surface area contributed by atoms with Gasteiger partial charge >= 0.3 is 0 Å². The van der Waals surface area contributed by atoms with Crippen LogP contribution in [0.15, 0.2) is 42.5 Å². The number of rotatable bonds is 6. The van der Waals surface area contributed by atoms with Gasteiger partial charge in [-0.05, 0) is 35.4 Å². The second-order valence-electron chi connectivity index (χ2n) is 6.03. The summed E-state index contributed by atoms with van der Waals surface area (Å²) in [6.45, 7) is 1.66. The van der Waals surface area contributed by atoms with Crippen LogP contribution in [0.1, 0.15) is 16.7 Å². The van der Waals surface area contributed by atoms with E-state index in [-0.39, 0.29) is 5.91 Å². The van der Waals surface area contributed by atoms with Crippen molar-refractivity contribution in [1.82, 2.24) is 4.90 Å². The molecule has 1 aliphatic heterocycles. The minimum absolute atomic E-state index is 0.0820. The number of carbonyl (C=O) groups excluding carboxylic acids is 1. The fourth-order valence-corrected chi connectivity index (χ4v) is 3.52. The topological polar surface area (TPSA) is 62.6 Å². The van der Waals surface area contributed by atoms with Crippen molar-refractivity contribution in [3.8, 4) is 17.6 Å². The van der Waals surface area contributed by atoms with E-state index in [2.05, 4.69) is 6.07 Å². The smallest absolute Gasteiger partial charge is 0.232 e. The summed E-state index contributed by atoms with van der Waals surface area (Å²) in [6.07, 6.45) is 0. The normalized spacial score (nSPS) is 12.3. The average molecular weight is 368 g/mol. The monoisotopic (exact) mass is 368 g/mol. The van der Waals surface area contributed by atoms with Crippen molar-refractivity contribution in [2.45, 2.75) is 12.3 Å². The number of amides is 1. The molecule has 0 saturated carbocycles. The average Bonchev–Trinajstić information content (AvgIpc) is 2.68. The number of fused-ring (bicyclic) bond motifs is 1. The molecule has 0 spiro atoms. The highest BCUT2D eigenvalue weighted by molar-refractivity contribution is 7.99. The van der Waals surface area contributed by atoms with Crippen molar-refractivity contribution < 1.29 is 14.3 Å². The maximum atomic E-state index is 12.3. The zero-order valence-electron chi connectivity index (χ0n) is 14.6. The van der Waals surface area contributed by atoms with Crippen LogP contribution in [-0.2, 0) is 17.1 Å². The molecule has 3 rings (SSSR count). The van der Waals surface area contributed by atoms with Gasteiger partial charge in [-0.25, -0.2) is 0 Å². The third-order valence-electron chi connectivity index (χ3n) is 4.03. The number of nitriles is 1. The van der Waals surface area contributed by atoms with E-state index in [1.165, 1.54) is 0 Å². The molecule has 5 nitrogen and oxygen atoms in total. The van der Waals surface area contributed by atoms with Crippen LogP contribution in [0.4, 0.5) is 0 Å². The van der Waals surface area contributed by atoms with Gasteiger partial charge < -0.3 is 14.4 Å². The van der Waals surface area contributed by atoms with Gasteiger partial charge in [-0.15, -0.1) is 11.8 Å². The Balaban J connectivity index is 1.47. The molecule has 0 aromatic heterocycles. The summed E-state index contributed by atoms with van der Waals surface area (Å²) in [5.74, 6) is 2.74. The van der Waals surface area contributed by atoms with E-state index < -0.39 is 0 Å². The van der Waals surface area contributed by atoms with Crippen LogP contribution in [-0.4, -0.2) is 36.8 Å². The summed E-state index contributed by atoms with van der Waals surface area (Å²) < 4.78 is 11.1. The predicted molar refractivity (Wildman–Crippen MR) is 101 cm³/mol. The highest BCUT2D eigenvalue weighted by Crippen LogP contribution is 2.31. The van der Waals surface area contributed by atoms with E-state index in [0.717, 1.165) is 28.4 Å². The van der Waals surface area contributed by atoms with Gasteiger partial charge in [0, 0.05) is 19.3 Å². The van der Waals surface area contributed by atoms with E-state index in [1.54, 1.807) is 35.8 Å². The second-order valence-corrected chi connectivity index (χ2v) is 7.01. The molecule has 0 aliphatic carbocycles. The fraction of sp³-hybridized carbons (Fsp3) is 0.300. The third-order valence-corrected chi connectivity index (χ3v) is 5.02. The van der Waals surface area contributed by atoms with Gasteiger partial charge in [0.15, 0.2) is 11.5 Å². The molecule has 0 N–H and O–H groups in total. The molecule has 2 aromatic carbocycles. The van der Waals surface area contributed by atoms with Gasteiger partial charge in [0.25, 0.3) is 0 Å². The van der Waals surface area contributed by atoms with Crippen LogP contribution in [0.2, 0.25) is 0 Å². The summed E-state index contributed by atoms with van der Waals surface area (Å²) >= 11 is 1.57. The SMILES string of the molecule is CN(Cc1ccc2c(c1)OCCO2)C(=O)CSCc1ccc(C#N)cc1. The minimum Gasteiger partial charge on any atom is -0.486 e. The standard InChI is InChI=1S/C20H20N2O3S/c1-22(12-17-6-7-18-19(10-17)25-9-8-24-18)20(23)14-26-13-16-4-2-15(11-21)3-5-16/h2-7,10H,8-9,12-14H2,1H3. The van der Waals surface area contributed by atoms with Crippen molar-refractivity contribution >= 4 is 17.7 Å². The number of ether oxygens (including phenoxy) is 2. The zero-order valence-corrected chi connectivity index (χ0v) is 15.4. The Kier molecular flexibility index (Phi) is 6.03. The maximum absolute atomic E-state index is 12.3. The van der Waals surface area contributed by atoms with Crippen LogP contribution < -0.4 is 9.47 Å². The Morgan fingerprint density at radius 1 is 1.12 bits per heavy atom. The molecular formula is C20H20N2O3S. The highest BCUT2D eigenvalue weighted by Gasteiger charge is 2.14. The quantitative estimate of drug-likeness (QED) is 0.783. The van der Waals surface area contributed by atoms with Crippen LogP contribution in [0.3, 0.4) is 0 Å². The Labute approximate surface area is 157 Å². The Morgan fingerprint density at radius 3 is 2.54 bits per heavy atom. The Bertz CT molecular complexity index is 815. The molecular weight excluding hydrogens is 348 g/mol. The second kappa shape index (κ2) is 8.63. The first kappa shape index (κ1) is 18.2. The molecule has 6 heteroatoms. The molecule has 1 amide bonds. The highest BCUT2D eigenvalue weighted by atomic mass is 32.2. The summed E-state index contributed by atoms with van der Waals surface area (Å²) in [5, 5.41) is 8.80. The summed E-state index contributed by atoms with van der Waals surface area (Å²) in [5.41, 5.74) is 2.77.